The van der Waals surface area contributed by atoms with Crippen LogP contribution < -0.4 is 5.32 Å². The number of rotatable bonds is 4. The van der Waals surface area contributed by atoms with Crippen LogP contribution in [-0.2, 0) is 0 Å². The van der Waals surface area contributed by atoms with E-state index in [9.17, 15) is 4.79 Å². The number of likely N-dealkylation sites (tertiary alicyclic amines) is 1. The number of hydrogen-bond donors (Lipinski definition) is 1. The van der Waals surface area contributed by atoms with Gasteiger partial charge >= 0.3 is 0 Å². The Hall–Kier alpha value is -1.58. The Labute approximate surface area is 121 Å². The number of pyridine rings is 1. The van der Waals surface area contributed by atoms with Gasteiger partial charge in [0.2, 0.25) is 0 Å². The molecule has 4 nitrogen and oxygen atoms in total. The fraction of sp³-hybridized carbons (Fsp3) is 0.625. The lowest BCUT2D eigenvalue weighted by molar-refractivity contribution is 0.0511. The lowest BCUT2D eigenvalue weighted by atomic mass is 9.96. The van der Waals surface area contributed by atoms with Crippen LogP contribution in [0.5, 0.6) is 0 Å². The molecule has 0 bridgehead atoms. The van der Waals surface area contributed by atoms with Gasteiger partial charge in [0.1, 0.15) is 0 Å². The van der Waals surface area contributed by atoms with E-state index < -0.39 is 0 Å². The minimum atomic E-state index is 0.130. The SMILES string of the molecule is CCCNc1cnccc1C(=O)N1[C@H](C)CCC[C@@H]1C. The van der Waals surface area contributed by atoms with Gasteiger partial charge in [-0.15, -0.1) is 0 Å². The highest BCUT2D eigenvalue weighted by atomic mass is 16.2. The third-order valence-electron chi connectivity index (χ3n) is 4.04. The summed E-state index contributed by atoms with van der Waals surface area (Å²) in [6, 6.07) is 2.46. The van der Waals surface area contributed by atoms with Crippen LogP contribution in [0.1, 0.15) is 56.8 Å². The van der Waals surface area contributed by atoms with E-state index in [1.54, 1.807) is 12.4 Å². The normalized spacial score (nSPS) is 22.6. The zero-order valence-corrected chi connectivity index (χ0v) is 12.7. The van der Waals surface area contributed by atoms with Crippen LogP contribution in [0.25, 0.3) is 0 Å². The van der Waals surface area contributed by atoms with Gasteiger partial charge in [-0.05, 0) is 45.6 Å². The second-order valence-electron chi connectivity index (χ2n) is 5.69. The minimum Gasteiger partial charge on any atom is -0.383 e. The smallest absolute Gasteiger partial charge is 0.256 e. The largest absolute Gasteiger partial charge is 0.383 e. The Bertz CT molecular complexity index is 451. The van der Waals surface area contributed by atoms with Crippen LogP contribution >= 0.6 is 0 Å². The third kappa shape index (κ3) is 3.11. The molecule has 1 amide bonds. The predicted molar refractivity (Wildman–Crippen MR) is 82.0 cm³/mol. The molecular weight excluding hydrogens is 250 g/mol. The van der Waals surface area contributed by atoms with Gasteiger partial charge < -0.3 is 10.2 Å². The van der Waals surface area contributed by atoms with Crippen LogP contribution in [-0.4, -0.2) is 34.4 Å². The van der Waals surface area contributed by atoms with Crippen LogP contribution in [0.4, 0.5) is 5.69 Å². The van der Waals surface area contributed by atoms with Gasteiger partial charge in [0.05, 0.1) is 17.4 Å². The summed E-state index contributed by atoms with van der Waals surface area (Å²) in [5.74, 6) is 0.130. The molecule has 0 aliphatic carbocycles. The van der Waals surface area contributed by atoms with E-state index >= 15 is 0 Å². The lowest BCUT2D eigenvalue weighted by Crippen LogP contribution is -2.47. The Morgan fingerprint density at radius 1 is 1.40 bits per heavy atom. The van der Waals surface area contributed by atoms with Crippen molar-refractivity contribution in [2.45, 2.75) is 58.5 Å². The molecule has 0 spiro atoms. The molecule has 1 N–H and O–H groups in total. The molecule has 0 radical (unpaired) electrons. The highest BCUT2D eigenvalue weighted by molar-refractivity contribution is 5.99. The monoisotopic (exact) mass is 275 g/mol. The standard InChI is InChI=1S/C16H25N3O/c1-4-9-18-15-11-17-10-8-14(15)16(20)19-12(2)6-5-7-13(19)3/h8,10-13,18H,4-7,9H2,1-3H3/t12-,13+. The molecule has 2 atom stereocenters. The summed E-state index contributed by atoms with van der Waals surface area (Å²) >= 11 is 0. The number of anilines is 1. The van der Waals surface area contributed by atoms with Crippen molar-refractivity contribution in [3.05, 3.63) is 24.0 Å². The quantitative estimate of drug-likeness (QED) is 0.917. The molecule has 1 aromatic rings. The van der Waals surface area contributed by atoms with Crippen molar-refractivity contribution >= 4 is 11.6 Å². The first-order valence-corrected chi connectivity index (χ1v) is 7.65. The van der Waals surface area contributed by atoms with Crippen molar-refractivity contribution in [1.82, 2.24) is 9.88 Å². The highest BCUT2D eigenvalue weighted by Gasteiger charge is 2.30. The molecular formula is C16H25N3O. The van der Waals surface area contributed by atoms with Gasteiger partial charge in [0, 0.05) is 24.8 Å². The van der Waals surface area contributed by atoms with E-state index in [1.165, 1.54) is 6.42 Å². The summed E-state index contributed by atoms with van der Waals surface area (Å²) in [6.07, 6.45) is 7.88. The lowest BCUT2D eigenvalue weighted by Gasteiger charge is -2.39. The van der Waals surface area contributed by atoms with Gasteiger partial charge in [-0.2, -0.15) is 0 Å². The van der Waals surface area contributed by atoms with E-state index in [0.717, 1.165) is 37.1 Å². The van der Waals surface area contributed by atoms with Crippen molar-refractivity contribution in [3.8, 4) is 0 Å². The van der Waals surface area contributed by atoms with Crippen molar-refractivity contribution in [2.24, 2.45) is 0 Å². The zero-order chi connectivity index (χ0) is 14.5. The number of amides is 1. The third-order valence-corrected chi connectivity index (χ3v) is 4.04. The number of hydrogen-bond acceptors (Lipinski definition) is 3. The molecule has 0 aromatic carbocycles. The maximum atomic E-state index is 12.9. The van der Waals surface area contributed by atoms with Gasteiger partial charge in [-0.1, -0.05) is 6.92 Å². The van der Waals surface area contributed by atoms with Crippen LogP contribution in [0, 0.1) is 0 Å². The Morgan fingerprint density at radius 2 is 2.10 bits per heavy atom. The van der Waals surface area contributed by atoms with E-state index in [4.69, 9.17) is 0 Å². The molecule has 1 aliphatic rings. The maximum Gasteiger partial charge on any atom is 0.256 e. The molecule has 1 saturated heterocycles. The first kappa shape index (κ1) is 14.8. The summed E-state index contributed by atoms with van der Waals surface area (Å²) in [5, 5.41) is 3.30. The van der Waals surface area contributed by atoms with Crippen molar-refractivity contribution in [2.75, 3.05) is 11.9 Å². The number of nitrogens with one attached hydrogen (secondary N) is 1. The second-order valence-corrected chi connectivity index (χ2v) is 5.69. The molecule has 110 valence electrons. The van der Waals surface area contributed by atoms with Gasteiger partial charge in [0.15, 0.2) is 0 Å². The van der Waals surface area contributed by atoms with Gasteiger partial charge in [-0.25, -0.2) is 0 Å². The summed E-state index contributed by atoms with van der Waals surface area (Å²) in [6.45, 7) is 7.26. The number of nitrogens with zero attached hydrogens (tertiary/aromatic N) is 2. The topological polar surface area (TPSA) is 45.2 Å². The first-order chi connectivity index (χ1) is 9.65. The molecule has 0 saturated carbocycles. The maximum absolute atomic E-state index is 12.9. The number of aromatic nitrogens is 1. The number of carbonyl (C=O) groups excluding carboxylic acids is 1. The molecule has 0 unspecified atom stereocenters. The van der Waals surface area contributed by atoms with Crippen molar-refractivity contribution in [1.29, 1.82) is 0 Å². The van der Waals surface area contributed by atoms with Crippen LogP contribution in [0.15, 0.2) is 18.5 Å². The Balaban J connectivity index is 2.23. The van der Waals surface area contributed by atoms with Crippen LogP contribution in [0.3, 0.4) is 0 Å². The number of piperidine rings is 1. The summed E-state index contributed by atoms with van der Waals surface area (Å²) in [4.78, 5) is 19.0. The summed E-state index contributed by atoms with van der Waals surface area (Å²) in [7, 11) is 0. The molecule has 4 heteroatoms. The zero-order valence-electron chi connectivity index (χ0n) is 12.7. The second kappa shape index (κ2) is 6.73. The average Bonchev–Trinajstić information content (AvgIpc) is 2.45. The van der Waals surface area contributed by atoms with Gasteiger partial charge in [-0.3, -0.25) is 9.78 Å². The van der Waals surface area contributed by atoms with Gasteiger partial charge in [0.25, 0.3) is 5.91 Å². The van der Waals surface area contributed by atoms with E-state index in [2.05, 4.69) is 31.1 Å². The van der Waals surface area contributed by atoms with Crippen molar-refractivity contribution in [3.63, 3.8) is 0 Å². The fourth-order valence-electron chi connectivity index (χ4n) is 2.94. The predicted octanol–water partition coefficient (Wildman–Crippen LogP) is 3.31. The van der Waals surface area contributed by atoms with Crippen LogP contribution in [0.2, 0.25) is 0 Å². The molecule has 2 heterocycles. The number of carbonyl (C=O) groups is 1. The summed E-state index contributed by atoms with van der Waals surface area (Å²) in [5.41, 5.74) is 1.60. The molecule has 1 aliphatic heterocycles. The Morgan fingerprint density at radius 3 is 2.75 bits per heavy atom. The molecule has 2 rings (SSSR count). The molecule has 20 heavy (non-hydrogen) atoms. The van der Waals surface area contributed by atoms with E-state index in [1.807, 2.05) is 11.0 Å². The van der Waals surface area contributed by atoms with E-state index in [0.29, 0.717) is 12.1 Å². The van der Waals surface area contributed by atoms with Crippen molar-refractivity contribution < 1.29 is 4.79 Å². The fourth-order valence-corrected chi connectivity index (χ4v) is 2.94. The molecule has 1 fully saturated rings. The Kier molecular flexibility index (Phi) is 4.99. The minimum absolute atomic E-state index is 0.130. The molecule has 1 aromatic heterocycles. The van der Waals surface area contributed by atoms with E-state index in [-0.39, 0.29) is 5.91 Å². The first-order valence-electron chi connectivity index (χ1n) is 7.65. The summed E-state index contributed by atoms with van der Waals surface area (Å²) < 4.78 is 0. The average molecular weight is 275 g/mol. The highest BCUT2D eigenvalue weighted by Crippen LogP contribution is 2.26.